The number of nitrogens with two attached hydrogens (primary N) is 4. The molecule has 1 aromatic carbocycles. The number of carboxylic acids is 1. The molecule has 43 heavy (non-hydrogen) atoms. The van der Waals surface area contributed by atoms with Crippen molar-refractivity contribution in [2.75, 3.05) is 13.1 Å². The summed E-state index contributed by atoms with van der Waals surface area (Å²) in [5, 5.41) is 18.8. The molecule has 0 aliphatic rings. The number of guanidine groups is 1. The van der Waals surface area contributed by atoms with Gasteiger partial charge in [0.25, 0.3) is 0 Å². The van der Waals surface area contributed by atoms with Gasteiger partial charge in [-0.15, -0.1) is 0 Å². The molecule has 0 saturated heterocycles. The van der Waals surface area contributed by atoms with Crippen LogP contribution in [0.4, 0.5) is 0 Å². The zero-order valence-electron chi connectivity index (χ0n) is 25.0. The number of carbonyl (C=O) groups excluding carboxylic acids is 3. The molecule has 2 rings (SSSR count). The van der Waals surface area contributed by atoms with Crippen LogP contribution in [-0.4, -0.2) is 77.0 Å². The maximum absolute atomic E-state index is 13.4. The zero-order chi connectivity index (χ0) is 31.9. The monoisotopic (exact) mass is 601 g/mol. The van der Waals surface area contributed by atoms with Crippen LogP contribution in [-0.2, 0) is 25.6 Å². The summed E-state index contributed by atoms with van der Waals surface area (Å²) in [6.07, 6.45) is 4.32. The first-order valence-corrected chi connectivity index (χ1v) is 14.6. The third-order valence-electron chi connectivity index (χ3n) is 6.94. The molecule has 3 amide bonds. The van der Waals surface area contributed by atoms with Crippen LogP contribution in [0, 0.1) is 5.92 Å². The standard InChI is InChI=1S/C29H47N9O5/c1-17(2)14-23(27(41)38-24(28(42)43)15-18-16-35-21-10-4-3-8-19(18)21)37-26(40)22(11-7-13-34-29(32)33)36-25(39)20(31)9-5-6-12-30/h3-4,8,10,16-17,20,22-24,35H,5-7,9,11-15,30-31H2,1-2H3,(H,36,39)(H,37,40)(H,38,41)(H,42,43)(H4,32,33,34). The van der Waals surface area contributed by atoms with Gasteiger partial charge < -0.3 is 49.0 Å². The van der Waals surface area contributed by atoms with Crippen molar-refractivity contribution in [3.05, 3.63) is 36.0 Å². The lowest BCUT2D eigenvalue weighted by Crippen LogP contribution is -2.57. The predicted molar refractivity (Wildman–Crippen MR) is 166 cm³/mol. The molecule has 14 nitrogen and oxygen atoms in total. The summed E-state index contributed by atoms with van der Waals surface area (Å²) >= 11 is 0. The maximum Gasteiger partial charge on any atom is 0.326 e. The van der Waals surface area contributed by atoms with Gasteiger partial charge in [-0.25, -0.2) is 4.79 Å². The lowest BCUT2D eigenvalue weighted by Gasteiger charge is -2.26. The van der Waals surface area contributed by atoms with E-state index in [-0.39, 0.29) is 37.7 Å². The first-order valence-electron chi connectivity index (χ1n) is 14.6. The summed E-state index contributed by atoms with van der Waals surface area (Å²) in [6, 6.07) is 3.32. The van der Waals surface area contributed by atoms with Crippen LogP contribution in [0.25, 0.3) is 10.9 Å². The molecule has 2 aromatic rings. The number of aromatic amines is 1. The molecule has 4 unspecified atom stereocenters. The van der Waals surface area contributed by atoms with Crippen LogP contribution in [0.15, 0.2) is 35.5 Å². The van der Waals surface area contributed by atoms with Gasteiger partial charge in [0, 0.05) is 30.1 Å². The second-order valence-electron chi connectivity index (χ2n) is 11.1. The Morgan fingerprint density at radius 3 is 2.21 bits per heavy atom. The summed E-state index contributed by atoms with van der Waals surface area (Å²) < 4.78 is 0. The Balaban J connectivity index is 2.17. The van der Waals surface area contributed by atoms with Crippen molar-refractivity contribution in [1.82, 2.24) is 20.9 Å². The van der Waals surface area contributed by atoms with Gasteiger partial charge in [0.05, 0.1) is 6.04 Å². The number of hydrogen-bond donors (Lipinski definition) is 9. The highest BCUT2D eigenvalue weighted by Gasteiger charge is 2.31. The van der Waals surface area contributed by atoms with E-state index >= 15 is 0 Å². The number of unbranched alkanes of at least 4 members (excludes halogenated alkanes) is 1. The Labute approximate surface area is 251 Å². The van der Waals surface area contributed by atoms with E-state index in [9.17, 15) is 24.3 Å². The van der Waals surface area contributed by atoms with Crippen molar-refractivity contribution >= 4 is 40.6 Å². The molecule has 1 heterocycles. The highest BCUT2D eigenvalue weighted by molar-refractivity contribution is 5.94. The smallest absolute Gasteiger partial charge is 0.326 e. The number of rotatable bonds is 19. The predicted octanol–water partition coefficient (Wildman–Crippen LogP) is -0.195. The normalized spacial score (nSPS) is 14.0. The fourth-order valence-electron chi connectivity index (χ4n) is 4.66. The van der Waals surface area contributed by atoms with Crippen LogP contribution < -0.4 is 38.9 Å². The number of fused-ring (bicyclic) bond motifs is 1. The van der Waals surface area contributed by atoms with Gasteiger partial charge in [0.2, 0.25) is 17.7 Å². The van der Waals surface area contributed by atoms with E-state index < -0.39 is 47.9 Å². The molecule has 14 heteroatoms. The van der Waals surface area contributed by atoms with E-state index in [2.05, 4.69) is 25.9 Å². The van der Waals surface area contributed by atoms with Gasteiger partial charge in [-0.1, -0.05) is 38.5 Å². The highest BCUT2D eigenvalue weighted by Crippen LogP contribution is 2.19. The average molecular weight is 602 g/mol. The number of aliphatic imine (C=N–C) groups is 1. The van der Waals surface area contributed by atoms with Gasteiger partial charge in [-0.05, 0) is 56.2 Å². The molecule has 0 radical (unpaired) electrons. The number of benzene rings is 1. The maximum atomic E-state index is 13.4. The first kappa shape index (κ1) is 35.0. The lowest BCUT2D eigenvalue weighted by atomic mass is 10.00. The fraction of sp³-hybridized carbons (Fsp3) is 0.552. The van der Waals surface area contributed by atoms with Gasteiger partial charge >= 0.3 is 5.97 Å². The van der Waals surface area contributed by atoms with Gasteiger partial charge in [0.1, 0.15) is 18.1 Å². The van der Waals surface area contributed by atoms with Crippen molar-refractivity contribution in [3.8, 4) is 0 Å². The van der Waals surface area contributed by atoms with Crippen LogP contribution in [0.3, 0.4) is 0 Å². The number of aliphatic carboxylic acids is 1. The minimum absolute atomic E-state index is 0.0150. The number of para-hydroxylation sites is 1. The summed E-state index contributed by atoms with van der Waals surface area (Å²) in [4.78, 5) is 58.8. The number of H-pyrrole nitrogens is 1. The topological polar surface area (TPSA) is 257 Å². The molecular formula is C29H47N9O5. The van der Waals surface area contributed by atoms with Gasteiger partial charge in [-0.3, -0.25) is 19.4 Å². The molecule has 0 aliphatic heterocycles. The third-order valence-corrected chi connectivity index (χ3v) is 6.94. The quantitative estimate of drug-likeness (QED) is 0.0586. The number of amides is 3. The molecule has 4 atom stereocenters. The SMILES string of the molecule is CC(C)CC(NC(=O)C(CCCN=C(N)N)NC(=O)C(N)CCCCN)C(=O)NC(Cc1c[nH]c2ccccc12)C(=O)O. The largest absolute Gasteiger partial charge is 0.480 e. The van der Waals surface area contributed by atoms with Crippen LogP contribution in [0.5, 0.6) is 0 Å². The van der Waals surface area contributed by atoms with E-state index in [1.54, 1.807) is 6.20 Å². The molecule has 0 bridgehead atoms. The van der Waals surface area contributed by atoms with Crippen molar-refractivity contribution in [3.63, 3.8) is 0 Å². The first-order chi connectivity index (χ1) is 20.4. The van der Waals surface area contributed by atoms with Crippen LogP contribution in [0.2, 0.25) is 0 Å². The Morgan fingerprint density at radius 2 is 1.56 bits per heavy atom. The number of aromatic nitrogens is 1. The minimum atomic E-state index is -1.24. The second kappa shape index (κ2) is 17.7. The van der Waals surface area contributed by atoms with E-state index in [1.165, 1.54) is 0 Å². The van der Waals surface area contributed by atoms with Gasteiger partial charge in [-0.2, -0.15) is 0 Å². The number of carbonyl (C=O) groups is 4. The van der Waals surface area contributed by atoms with E-state index in [1.807, 2.05) is 38.1 Å². The van der Waals surface area contributed by atoms with Crippen molar-refractivity contribution in [2.45, 2.75) is 83.0 Å². The molecule has 0 spiro atoms. The number of nitrogens with one attached hydrogen (secondary N) is 4. The van der Waals surface area contributed by atoms with E-state index in [0.29, 0.717) is 32.2 Å². The molecule has 0 fully saturated rings. The summed E-state index contributed by atoms with van der Waals surface area (Å²) in [7, 11) is 0. The Kier molecular flexibility index (Phi) is 14.4. The fourth-order valence-corrected chi connectivity index (χ4v) is 4.66. The molecule has 1 aromatic heterocycles. The average Bonchev–Trinajstić information content (AvgIpc) is 3.36. The summed E-state index contributed by atoms with van der Waals surface area (Å²) in [6.45, 7) is 4.46. The Hall–Kier alpha value is -4.17. The second-order valence-corrected chi connectivity index (χ2v) is 11.1. The number of hydrogen-bond acceptors (Lipinski definition) is 7. The molecule has 0 saturated carbocycles. The molecular weight excluding hydrogens is 554 g/mol. The van der Waals surface area contributed by atoms with Crippen LogP contribution in [0.1, 0.15) is 57.9 Å². The highest BCUT2D eigenvalue weighted by atomic mass is 16.4. The van der Waals surface area contributed by atoms with Crippen LogP contribution >= 0.6 is 0 Å². The summed E-state index contributed by atoms with van der Waals surface area (Å²) in [5.41, 5.74) is 23.9. The molecule has 0 aliphatic carbocycles. The number of carboxylic acid groups (broad SMARTS) is 1. The van der Waals surface area contributed by atoms with Crippen molar-refractivity contribution < 1.29 is 24.3 Å². The third kappa shape index (κ3) is 11.9. The minimum Gasteiger partial charge on any atom is -0.480 e. The van der Waals surface area contributed by atoms with Gasteiger partial charge in [0.15, 0.2) is 5.96 Å². The molecule has 13 N–H and O–H groups in total. The molecule has 238 valence electrons. The van der Waals surface area contributed by atoms with Crippen molar-refractivity contribution in [1.29, 1.82) is 0 Å². The van der Waals surface area contributed by atoms with E-state index in [4.69, 9.17) is 22.9 Å². The lowest BCUT2D eigenvalue weighted by molar-refractivity contribution is -0.142. The Bertz CT molecular complexity index is 1240. The summed E-state index contributed by atoms with van der Waals surface area (Å²) in [5.74, 6) is -3.06. The van der Waals surface area contributed by atoms with Crippen molar-refractivity contribution in [2.24, 2.45) is 33.8 Å². The zero-order valence-corrected chi connectivity index (χ0v) is 25.0. The Morgan fingerprint density at radius 1 is 0.907 bits per heavy atom. The number of nitrogens with zero attached hydrogens (tertiary/aromatic N) is 1. The van der Waals surface area contributed by atoms with E-state index in [0.717, 1.165) is 16.5 Å².